The summed E-state index contributed by atoms with van der Waals surface area (Å²) in [6.07, 6.45) is 1.89. The van der Waals surface area contributed by atoms with Gasteiger partial charge in [0.25, 0.3) is 0 Å². The molecule has 3 heteroatoms. The first kappa shape index (κ1) is 6.91. The van der Waals surface area contributed by atoms with E-state index in [-0.39, 0.29) is 5.84 Å². The Morgan fingerprint density at radius 1 is 1.33 bits per heavy atom. The van der Waals surface area contributed by atoms with E-state index in [2.05, 4.69) is 5.16 Å². The maximum absolute atomic E-state index is 8.42. The lowest BCUT2D eigenvalue weighted by Crippen LogP contribution is -2.18. The molecule has 12 heavy (non-hydrogen) atoms. The second-order valence-electron chi connectivity index (χ2n) is 2.63. The summed E-state index contributed by atoms with van der Waals surface area (Å²) >= 11 is 0. The van der Waals surface area contributed by atoms with E-state index in [0.717, 1.165) is 16.7 Å². The molecule has 0 aliphatic heterocycles. The van der Waals surface area contributed by atoms with E-state index in [1.165, 1.54) is 0 Å². The summed E-state index contributed by atoms with van der Waals surface area (Å²) < 4.78 is 0. The highest BCUT2D eigenvalue weighted by molar-refractivity contribution is 6.31. The zero-order chi connectivity index (χ0) is 8.55. The van der Waals surface area contributed by atoms with Gasteiger partial charge in [-0.15, -0.1) is 0 Å². The van der Waals surface area contributed by atoms with Crippen molar-refractivity contribution in [3.05, 3.63) is 35.4 Å². The molecule has 60 valence electrons. The van der Waals surface area contributed by atoms with E-state index in [4.69, 9.17) is 10.9 Å². The molecule has 0 saturated carbocycles. The highest BCUT2D eigenvalue weighted by Crippen LogP contribution is 2.31. The Morgan fingerprint density at radius 2 is 2.08 bits per heavy atom. The fraction of sp³-hybridized carbons (Fsp3) is 0. The molecule has 0 atom stereocenters. The molecule has 0 saturated heterocycles. The van der Waals surface area contributed by atoms with Gasteiger partial charge >= 0.3 is 0 Å². The van der Waals surface area contributed by atoms with Gasteiger partial charge in [0.15, 0.2) is 5.84 Å². The van der Waals surface area contributed by atoms with Gasteiger partial charge < -0.3 is 10.9 Å². The maximum atomic E-state index is 8.42. The van der Waals surface area contributed by atoms with Crippen LogP contribution < -0.4 is 5.73 Å². The third kappa shape index (κ3) is 0.797. The van der Waals surface area contributed by atoms with Crippen LogP contribution >= 0.6 is 0 Å². The highest BCUT2D eigenvalue weighted by Gasteiger charge is 2.17. The number of hydrogen-bond acceptors (Lipinski definition) is 2. The third-order valence-corrected chi connectivity index (χ3v) is 1.93. The van der Waals surface area contributed by atoms with Crippen LogP contribution in [-0.2, 0) is 0 Å². The summed E-state index contributed by atoms with van der Waals surface area (Å²) in [7, 11) is 0. The van der Waals surface area contributed by atoms with Crippen LogP contribution in [0.25, 0.3) is 11.6 Å². The van der Waals surface area contributed by atoms with Crippen molar-refractivity contribution in [2.45, 2.75) is 0 Å². The smallest absolute Gasteiger partial charge is 0.170 e. The highest BCUT2D eigenvalue weighted by atomic mass is 16.4. The molecule has 0 unspecified atom stereocenters. The van der Waals surface area contributed by atoms with Crippen LogP contribution in [0.5, 0.6) is 0 Å². The number of nitrogens with two attached hydrogens (primary N) is 1. The average molecular weight is 160 g/mol. The fourth-order valence-corrected chi connectivity index (χ4v) is 1.29. The van der Waals surface area contributed by atoms with Gasteiger partial charge in [0.2, 0.25) is 0 Å². The molecule has 0 radical (unpaired) electrons. The number of nitrogens with zero attached hydrogens (tertiary/aromatic N) is 1. The lowest BCUT2D eigenvalue weighted by Gasteiger charge is -2.17. The molecule has 1 aliphatic carbocycles. The van der Waals surface area contributed by atoms with Crippen molar-refractivity contribution in [2.24, 2.45) is 10.9 Å². The van der Waals surface area contributed by atoms with Gasteiger partial charge in [-0.3, -0.25) is 0 Å². The van der Waals surface area contributed by atoms with Crippen molar-refractivity contribution in [3.8, 4) is 0 Å². The van der Waals surface area contributed by atoms with Gasteiger partial charge in [-0.05, 0) is 17.2 Å². The molecule has 2 rings (SSSR count). The Hall–Kier alpha value is -1.77. The zero-order valence-electron chi connectivity index (χ0n) is 6.36. The lowest BCUT2D eigenvalue weighted by molar-refractivity contribution is 0.319. The van der Waals surface area contributed by atoms with E-state index >= 15 is 0 Å². The number of hydrogen-bond donors (Lipinski definition) is 2. The third-order valence-electron chi connectivity index (χ3n) is 1.93. The first-order chi connectivity index (χ1) is 5.83. The summed E-state index contributed by atoms with van der Waals surface area (Å²) in [5, 5.41) is 11.4. The standard InChI is InChI=1S/C9H8N2O/c10-9(11-12)8-5-6-3-1-2-4-7(6)8/h1-5,12H,(H2,10,11). The van der Waals surface area contributed by atoms with Gasteiger partial charge in [0.1, 0.15) is 0 Å². The molecule has 0 fully saturated rings. The molecule has 3 N–H and O–H groups in total. The number of rotatable bonds is 1. The molecule has 0 bridgehead atoms. The Labute approximate surface area is 69.8 Å². The second-order valence-corrected chi connectivity index (χ2v) is 2.63. The quantitative estimate of drug-likeness (QED) is 0.281. The van der Waals surface area contributed by atoms with Crippen LogP contribution in [0, 0.1) is 0 Å². The normalized spacial score (nSPS) is 14.7. The molecule has 0 aromatic heterocycles. The van der Waals surface area contributed by atoms with Crippen LogP contribution in [0.2, 0.25) is 0 Å². The Bertz CT molecular complexity index is 380. The molecule has 3 nitrogen and oxygen atoms in total. The van der Waals surface area contributed by atoms with Crippen molar-refractivity contribution in [1.29, 1.82) is 0 Å². The number of benzene rings is 1. The number of oxime groups is 1. The molecule has 1 aromatic carbocycles. The summed E-state index contributed by atoms with van der Waals surface area (Å²) in [6.45, 7) is 0. The van der Waals surface area contributed by atoms with Crippen molar-refractivity contribution in [2.75, 3.05) is 0 Å². The van der Waals surface area contributed by atoms with Crippen molar-refractivity contribution < 1.29 is 5.21 Å². The minimum absolute atomic E-state index is 0.175. The average Bonchev–Trinajstić information content (AvgIpc) is 2.07. The molecule has 0 heterocycles. The van der Waals surface area contributed by atoms with Gasteiger partial charge in [0.05, 0.1) is 0 Å². The molecular formula is C9H8N2O. The van der Waals surface area contributed by atoms with Gasteiger partial charge in [-0.25, -0.2) is 0 Å². The predicted molar refractivity (Wildman–Crippen MR) is 47.7 cm³/mol. The van der Waals surface area contributed by atoms with Crippen LogP contribution in [-0.4, -0.2) is 11.0 Å². The van der Waals surface area contributed by atoms with E-state index in [9.17, 15) is 0 Å². The maximum Gasteiger partial charge on any atom is 0.170 e. The molecule has 0 amide bonds. The summed E-state index contributed by atoms with van der Waals surface area (Å²) in [5.74, 6) is 0.175. The fourth-order valence-electron chi connectivity index (χ4n) is 1.29. The van der Waals surface area contributed by atoms with Crippen LogP contribution in [0.4, 0.5) is 0 Å². The minimum Gasteiger partial charge on any atom is -0.409 e. The Kier molecular flexibility index (Phi) is 1.37. The summed E-state index contributed by atoms with van der Waals surface area (Å²) in [4.78, 5) is 0. The first-order valence-corrected chi connectivity index (χ1v) is 3.62. The predicted octanol–water partition coefficient (Wildman–Crippen LogP) is 1.29. The number of amidine groups is 1. The van der Waals surface area contributed by atoms with Gasteiger partial charge in [-0.1, -0.05) is 29.4 Å². The van der Waals surface area contributed by atoms with Crippen LogP contribution in [0.1, 0.15) is 11.1 Å². The van der Waals surface area contributed by atoms with E-state index in [0.29, 0.717) is 0 Å². The van der Waals surface area contributed by atoms with Gasteiger partial charge in [-0.2, -0.15) is 0 Å². The molecule has 1 aliphatic rings. The van der Waals surface area contributed by atoms with E-state index < -0.39 is 0 Å². The SMILES string of the molecule is NC(=NO)C1=Cc2ccccc21. The minimum atomic E-state index is 0.175. The first-order valence-electron chi connectivity index (χ1n) is 3.62. The Balaban J connectivity index is 2.40. The zero-order valence-corrected chi connectivity index (χ0v) is 6.36. The summed E-state index contributed by atoms with van der Waals surface area (Å²) in [6, 6.07) is 7.82. The monoisotopic (exact) mass is 160 g/mol. The van der Waals surface area contributed by atoms with Crippen molar-refractivity contribution in [1.82, 2.24) is 0 Å². The molecule has 1 aromatic rings. The van der Waals surface area contributed by atoms with Crippen molar-refractivity contribution >= 4 is 17.5 Å². The largest absolute Gasteiger partial charge is 0.409 e. The van der Waals surface area contributed by atoms with E-state index in [1.54, 1.807) is 0 Å². The van der Waals surface area contributed by atoms with Gasteiger partial charge in [0, 0.05) is 5.57 Å². The number of fused-ring (bicyclic) bond motifs is 1. The second kappa shape index (κ2) is 2.37. The molecule has 0 spiro atoms. The van der Waals surface area contributed by atoms with Crippen LogP contribution in [0.15, 0.2) is 29.4 Å². The summed E-state index contributed by atoms with van der Waals surface area (Å²) in [5.41, 5.74) is 8.42. The Morgan fingerprint density at radius 3 is 2.75 bits per heavy atom. The van der Waals surface area contributed by atoms with Crippen molar-refractivity contribution in [3.63, 3.8) is 0 Å². The van der Waals surface area contributed by atoms with Crippen LogP contribution in [0.3, 0.4) is 0 Å². The lowest BCUT2D eigenvalue weighted by atomic mass is 9.88. The topological polar surface area (TPSA) is 58.6 Å². The molecular weight excluding hydrogens is 152 g/mol. The van der Waals surface area contributed by atoms with E-state index in [1.807, 2.05) is 30.3 Å².